The molecular weight excluding hydrogens is 270 g/mol. The van der Waals surface area contributed by atoms with E-state index in [1.807, 2.05) is 23.1 Å². The molecule has 0 bridgehead atoms. The Morgan fingerprint density at radius 3 is 2.38 bits per heavy atom. The van der Waals surface area contributed by atoms with Gasteiger partial charge in [0, 0.05) is 38.9 Å². The summed E-state index contributed by atoms with van der Waals surface area (Å²) in [7, 11) is 1.61. The number of anilines is 1. The number of ether oxygens (including phenoxy) is 1. The number of carbonyl (C=O) groups excluding carboxylic acids is 2. The van der Waals surface area contributed by atoms with Crippen molar-refractivity contribution >= 4 is 17.7 Å². The second-order valence-corrected chi connectivity index (χ2v) is 5.35. The summed E-state index contributed by atoms with van der Waals surface area (Å²) >= 11 is 0. The minimum atomic E-state index is -0.472. The first-order valence-electron chi connectivity index (χ1n) is 7.15. The topological polar surface area (TPSA) is 53.1 Å². The van der Waals surface area contributed by atoms with E-state index in [4.69, 9.17) is 4.74 Å². The lowest BCUT2D eigenvalue weighted by Gasteiger charge is -2.37. The van der Waals surface area contributed by atoms with Gasteiger partial charge in [-0.2, -0.15) is 0 Å². The fourth-order valence-electron chi connectivity index (χ4n) is 2.76. The van der Waals surface area contributed by atoms with Crippen LogP contribution >= 0.6 is 0 Å². The predicted molar refractivity (Wildman–Crippen MR) is 78.1 cm³/mol. The highest BCUT2D eigenvalue weighted by molar-refractivity contribution is 5.88. The first-order chi connectivity index (χ1) is 10.2. The fraction of sp³-hybridized carbons (Fsp3) is 0.467. The maximum absolute atomic E-state index is 12.4. The molecule has 1 aromatic rings. The zero-order valence-corrected chi connectivity index (χ0v) is 12.1. The highest BCUT2D eigenvalue weighted by atomic mass is 16.6. The fourth-order valence-corrected chi connectivity index (χ4v) is 2.76. The number of rotatable bonds is 2. The zero-order chi connectivity index (χ0) is 14.8. The quantitative estimate of drug-likeness (QED) is 0.807. The molecule has 2 heterocycles. The Bertz CT molecular complexity index is 526. The molecule has 0 radical (unpaired) electrons. The second-order valence-electron chi connectivity index (χ2n) is 5.35. The van der Waals surface area contributed by atoms with E-state index in [-0.39, 0.29) is 12.5 Å². The minimum Gasteiger partial charge on any atom is -0.447 e. The molecule has 2 aliphatic heterocycles. The van der Waals surface area contributed by atoms with Crippen LogP contribution in [0.25, 0.3) is 0 Å². The second kappa shape index (κ2) is 5.63. The number of hydrogen-bond donors (Lipinski definition) is 0. The van der Waals surface area contributed by atoms with E-state index in [0.29, 0.717) is 13.1 Å². The highest BCUT2D eigenvalue weighted by Crippen LogP contribution is 2.18. The molecule has 0 aromatic heterocycles. The van der Waals surface area contributed by atoms with Crippen molar-refractivity contribution in [3.8, 4) is 0 Å². The summed E-state index contributed by atoms with van der Waals surface area (Å²) in [6.45, 7) is 3.12. The lowest BCUT2D eigenvalue weighted by molar-refractivity contribution is -0.135. The first kappa shape index (κ1) is 13.7. The number of benzene rings is 1. The van der Waals surface area contributed by atoms with Crippen molar-refractivity contribution in [2.24, 2.45) is 0 Å². The van der Waals surface area contributed by atoms with Crippen LogP contribution in [0.4, 0.5) is 10.5 Å². The summed E-state index contributed by atoms with van der Waals surface area (Å²) < 4.78 is 4.91. The highest BCUT2D eigenvalue weighted by Gasteiger charge is 2.38. The van der Waals surface area contributed by atoms with Crippen molar-refractivity contribution in [2.45, 2.75) is 6.04 Å². The number of para-hydroxylation sites is 1. The summed E-state index contributed by atoms with van der Waals surface area (Å²) in [6, 6.07) is 9.72. The van der Waals surface area contributed by atoms with Crippen molar-refractivity contribution in [1.82, 2.24) is 9.80 Å². The Labute approximate surface area is 123 Å². The maximum Gasteiger partial charge on any atom is 0.410 e. The van der Waals surface area contributed by atoms with Crippen LogP contribution in [0.5, 0.6) is 0 Å². The van der Waals surface area contributed by atoms with Gasteiger partial charge in [-0.05, 0) is 12.1 Å². The Morgan fingerprint density at radius 2 is 1.81 bits per heavy atom. The number of hydrogen-bond acceptors (Lipinski definition) is 4. The lowest BCUT2D eigenvalue weighted by Crippen LogP contribution is -2.54. The molecule has 1 unspecified atom stereocenters. The van der Waals surface area contributed by atoms with Gasteiger partial charge in [-0.3, -0.25) is 9.69 Å². The Balaban J connectivity index is 1.58. The van der Waals surface area contributed by atoms with Crippen LogP contribution < -0.4 is 4.90 Å². The van der Waals surface area contributed by atoms with Crippen LogP contribution in [0, 0.1) is 0 Å². The van der Waals surface area contributed by atoms with Gasteiger partial charge in [-0.1, -0.05) is 18.2 Å². The van der Waals surface area contributed by atoms with Crippen molar-refractivity contribution < 1.29 is 14.3 Å². The van der Waals surface area contributed by atoms with Crippen molar-refractivity contribution in [3.05, 3.63) is 30.3 Å². The normalized spacial score (nSPS) is 22.4. The molecular formula is C15H19N3O3. The van der Waals surface area contributed by atoms with E-state index in [9.17, 15) is 9.59 Å². The molecule has 112 valence electrons. The molecule has 0 spiro atoms. The average Bonchev–Trinajstić information content (AvgIpc) is 2.87. The number of carbonyl (C=O) groups is 2. The van der Waals surface area contributed by atoms with Gasteiger partial charge in [0.1, 0.15) is 12.6 Å². The van der Waals surface area contributed by atoms with Crippen molar-refractivity contribution in [3.63, 3.8) is 0 Å². The molecule has 0 aliphatic carbocycles. The summed E-state index contributed by atoms with van der Waals surface area (Å²) in [5.74, 6) is -0.0175. The lowest BCUT2D eigenvalue weighted by atomic mass is 10.2. The zero-order valence-electron chi connectivity index (χ0n) is 12.1. The van der Waals surface area contributed by atoms with E-state index in [2.05, 4.69) is 17.0 Å². The molecule has 6 heteroatoms. The van der Waals surface area contributed by atoms with Gasteiger partial charge >= 0.3 is 6.09 Å². The SMILES string of the molecule is CN1C(=O)OCC1C(=O)N1CCN(c2ccccc2)CC1. The van der Waals surface area contributed by atoms with Crippen LogP contribution in [-0.2, 0) is 9.53 Å². The summed E-state index contributed by atoms with van der Waals surface area (Å²) in [5, 5.41) is 0. The van der Waals surface area contributed by atoms with Crippen LogP contribution in [0.15, 0.2) is 30.3 Å². The van der Waals surface area contributed by atoms with Crippen LogP contribution in [-0.4, -0.2) is 67.7 Å². The number of cyclic esters (lactones) is 1. The van der Waals surface area contributed by atoms with Gasteiger partial charge in [-0.15, -0.1) is 0 Å². The van der Waals surface area contributed by atoms with Crippen molar-refractivity contribution in [2.75, 3.05) is 44.7 Å². The molecule has 6 nitrogen and oxygen atoms in total. The molecule has 1 aromatic carbocycles. The van der Waals surface area contributed by atoms with E-state index in [0.717, 1.165) is 13.1 Å². The van der Waals surface area contributed by atoms with E-state index >= 15 is 0 Å². The number of piperazine rings is 1. The number of nitrogens with zero attached hydrogens (tertiary/aromatic N) is 3. The Morgan fingerprint density at radius 1 is 1.14 bits per heavy atom. The van der Waals surface area contributed by atoms with Gasteiger partial charge in [0.2, 0.25) is 5.91 Å². The van der Waals surface area contributed by atoms with Gasteiger partial charge in [-0.25, -0.2) is 4.79 Å². The third-order valence-electron chi connectivity index (χ3n) is 4.12. The van der Waals surface area contributed by atoms with Crippen LogP contribution in [0.2, 0.25) is 0 Å². The molecule has 2 saturated heterocycles. The average molecular weight is 289 g/mol. The van der Waals surface area contributed by atoms with Gasteiger partial charge in [0.15, 0.2) is 0 Å². The predicted octanol–water partition coefficient (Wildman–Crippen LogP) is 0.786. The molecule has 0 N–H and O–H groups in total. The monoisotopic (exact) mass is 289 g/mol. The standard InChI is InChI=1S/C15H19N3O3/c1-16-13(11-21-15(16)20)14(19)18-9-7-17(8-10-18)12-5-3-2-4-6-12/h2-6,13H,7-11H2,1H3. The van der Waals surface area contributed by atoms with E-state index in [1.165, 1.54) is 10.6 Å². The van der Waals surface area contributed by atoms with Gasteiger partial charge < -0.3 is 14.5 Å². The molecule has 2 amide bonds. The molecule has 0 saturated carbocycles. The van der Waals surface area contributed by atoms with Crippen molar-refractivity contribution in [1.29, 1.82) is 0 Å². The molecule has 2 aliphatic rings. The number of likely N-dealkylation sites (N-methyl/N-ethyl adjacent to an activating group) is 1. The number of amides is 2. The van der Waals surface area contributed by atoms with Crippen LogP contribution in [0.3, 0.4) is 0 Å². The van der Waals surface area contributed by atoms with Crippen LogP contribution in [0.1, 0.15) is 0 Å². The molecule has 21 heavy (non-hydrogen) atoms. The molecule has 1 atom stereocenters. The molecule has 2 fully saturated rings. The largest absolute Gasteiger partial charge is 0.447 e. The van der Waals surface area contributed by atoms with E-state index in [1.54, 1.807) is 7.05 Å². The first-order valence-corrected chi connectivity index (χ1v) is 7.15. The molecule has 3 rings (SSSR count). The van der Waals surface area contributed by atoms with Gasteiger partial charge in [0.05, 0.1) is 0 Å². The third-order valence-corrected chi connectivity index (χ3v) is 4.12. The Kier molecular flexibility index (Phi) is 3.68. The maximum atomic E-state index is 12.4. The summed E-state index contributed by atoms with van der Waals surface area (Å²) in [5.41, 5.74) is 1.18. The summed E-state index contributed by atoms with van der Waals surface area (Å²) in [6.07, 6.45) is -0.420. The van der Waals surface area contributed by atoms with E-state index < -0.39 is 12.1 Å². The Hall–Kier alpha value is -2.24. The minimum absolute atomic E-state index is 0.0175. The smallest absolute Gasteiger partial charge is 0.410 e. The van der Waals surface area contributed by atoms with Gasteiger partial charge in [0.25, 0.3) is 0 Å². The summed E-state index contributed by atoms with van der Waals surface area (Å²) in [4.78, 5) is 29.2. The third kappa shape index (κ3) is 2.66.